The number of hydrogen-bond acceptors (Lipinski definition) is 3. The van der Waals surface area contributed by atoms with Crippen molar-refractivity contribution in [3.05, 3.63) is 22.9 Å². The van der Waals surface area contributed by atoms with Crippen molar-refractivity contribution in [2.45, 2.75) is 46.6 Å². The van der Waals surface area contributed by atoms with Crippen LogP contribution in [0.4, 0.5) is 5.82 Å². The molecule has 2 heterocycles. The molecule has 0 amide bonds. The molecule has 2 N–H and O–H groups in total. The highest BCUT2D eigenvalue weighted by atomic mass is 15.2. The molecule has 1 aromatic heterocycles. The molecule has 1 aliphatic rings. The van der Waals surface area contributed by atoms with Gasteiger partial charge in [0.1, 0.15) is 5.82 Å². The predicted octanol–water partition coefficient (Wildman–Crippen LogP) is 2.78. The Bertz CT molecular complexity index is 406. The normalized spacial score (nSPS) is 17.2. The van der Waals surface area contributed by atoms with Crippen molar-refractivity contribution < 1.29 is 0 Å². The van der Waals surface area contributed by atoms with Crippen LogP contribution in [0.15, 0.2) is 6.07 Å². The maximum absolute atomic E-state index is 5.90. The Morgan fingerprint density at radius 2 is 2.00 bits per heavy atom. The number of pyridine rings is 1. The summed E-state index contributed by atoms with van der Waals surface area (Å²) in [5.74, 6) is 2.03. The fraction of sp³-hybridized carbons (Fsp3) is 0.667. The van der Waals surface area contributed by atoms with Gasteiger partial charge in [-0.15, -0.1) is 0 Å². The van der Waals surface area contributed by atoms with Crippen LogP contribution in [0.3, 0.4) is 0 Å². The van der Waals surface area contributed by atoms with E-state index in [1.807, 2.05) is 0 Å². The fourth-order valence-corrected chi connectivity index (χ4v) is 2.91. The average molecular weight is 247 g/mol. The minimum Gasteiger partial charge on any atom is -0.356 e. The van der Waals surface area contributed by atoms with Gasteiger partial charge in [0.15, 0.2) is 0 Å². The van der Waals surface area contributed by atoms with E-state index in [0.717, 1.165) is 30.5 Å². The van der Waals surface area contributed by atoms with Gasteiger partial charge in [-0.3, -0.25) is 0 Å². The topological polar surface area (TPSA) is 42.2 Å². The number of anilines is 1. The molecule has 3 nitrogen and oxygen atoms in total. The summed E-state index contributed by atoms with van der Waals surface area (Å²) in [5, 5.41) is 0. The molecule has 0 radical (unpaired) electrons. The standard InChI is InChI=1S/C15H25N3/c1-4-13-5-7-18(8-6-13)15-14(10-16)11(2)9-12(3)17-15/h9,13H,4-8,10,16H2,1-3H3. The number of nitrogens with two attached hydrogens (primary N) is 1. The lowest BCUT2D eigenvalue weighted by atomic mass is 9.94. The third kappa shape index (κ3) is 2.66. The summed E-state index contributed by atoms with van der Waals surface area (Å²) < 4.78 is 0. The molecule has 1 aliphatic heterocycles. The summed E-state index contributed by atoms with van der Waals surface area (Å²) in [6.45, 7) is 9.33. The minimum absolute atomic E-state index is 0.585. The monoisotopic (exact) mass is 247 g/mol. The first-order valence-electron chi connectivity index (χ1n) is 7.07. The summed E-state index contributed by atoms with van der Waals surface area (Å²) in [5.41, 5.74) is 9.48. The Hall–Kier alpha value is -1.09. The molecule has 1 saturated heterocycles. The summed E-state index contributed by atoms with van der Waals surface area (Å²) in [4.78, 5) is 7.15. The van der Waals surface area contributed by atoms with Crippen molar-refractivity contribution in [1.29, 1.82) is 0 Å². The highest BCUT2D eigenvalue weighted by Crippen LogP contribution is 2.28. The van der Waals surface area contributed by atoms with E-state index < -0.39 is 0 Å². The van der Waals surface area contributed by atoms with Crippen LogP contribution in [-0.4, -0.2) is 18.1 Å². The van der Waals surface area contributed by atoms with E-state index in [1.165, 1.54) is 30.4 Å². The second-order valence-electron chi connectivity index (χ2n) is 5.43. The first kappa shape index (κ1) is 13.3. The minimum atomic E-state index is 0.585. The van der Waals surface area contributed by atoms with Crippen LogP contribution < -0.4 is 10.6 Å². The number of hydrogen-bond donors (Lipinski definition) is 1. The predicted molar refractivity (Wildman–Crippen MR) is 76.8 cm³/mol. The van der Waals surface area contributed by atoms with E-state index in [0.29, 0.717) is 6.54 Å². The molecule has 18 heavy (non-hydrogen) atoms. The maximum Gasteiger partial charge on any atom is 0.133 e. The van der Waals surface area contributed by atoms with Crippen LogP contribution in [0.25, 0.3) is 0 Å². The second kappa shape index (κ2) is 5.70. The zero-order chi connectivity index (χ0) is 13.1. The van der Waals surface area contributed by atoms with Crippen LogP contribution in [0.5, 0.6) is 0 Å². The number of aromatic nitrogens is 1. The van der Waals surface area contributed by atoms with Gasteiger partial charge in [-0.05, 0) is 44.2 Å². The molecule has 0 unspecified atom stereocenters. The summed E-state index contributed by atoms with van der Waals surface area (Å²) >= 11 is 0. The molecule has 100 valence electrons. The summed E-state index contributed by atoms with van der Waals surface area (Å²) in [7, 11) is 0. The Kier molecular flexibility index (Phi) is 4.23. The largest absolute Gasteiger partial charge is 0.356 e. The molecule has 1 aromatic rings. The number of nitrogens with zero attached hydrogens (tertiary/aromatic N) is 2. The Labute approximate surface area is 110 Å². The zero-order valence-electron chi connectivity index (χ0n) is 11.9. The summed E-state index contributed by atoms with van der Waals surface area (Å²) in [6.07, 6.45) is 3.88. The Morgan fingerprint density at radius 3 is 2.56 bits per heavy atom. The number of piperidine rings is 1. The lowest BCUT2D eigenvalue weighted by molar-refractivity contribution is 0.393. The van der Waals surface area contributed by atoms with Crippen LogP contribution in [0.1, 0.15) is 43.0 Å². The van der Waals surface area contributed by atoms with Gasteiger partial charge in [-0.25, -0.2) is 4.98 Å². The van der Waals surface area contributed by atoms with Gasteiger partial charge in [-0.1, -0.05) is 13.3 Å². The highest BCUT2D eigenvalue weighted by molar-refractivity contribution is 5.51. The van der Waals surface area contributed by atoms with Gasteiger partial charge in [0.2, 0.25) is 0 Å². The molecule has 0 bridgehead atoms. The Balaban J connectivity index is 2.23. The van der Waals surface area contributed by atoms with Gasteiger partial charge in [-0.2, -0.15) is 0 Å². The highest BCUT2D eigenvalue weighted by Gasteiger charge is 2.21. The number of aryl methyl sites for hydroxylation is 2. The van der Waals surface area contributed by atoms with Crippen LogP contribution >= 0.6 is 0 Å². The van der Waals surface area contributed by atoms with Gasteiger partial charge < -0.3 is 10.6 Å². The molecule has 0 aliphatic carbocycles. The molecule has 2 rings (SSSR count). The van der Waals surface area contributed by atoms with E-state index in [2.05, 4.69) is 31.7 Å². The van der Waals surface area contributed by atoms with Crippen molar-refractivity contribution in [3.8, 4) is 0 Å². The van der Waals surface area contributed by atoms with E-state index in [4.69, 9.17) is 10.7 Å². The van der Waals surface area contributed by atoms with Gasteiger partial charge >= 0.3 is 0 Å². The van der Waals surface area contributed by atoms with E-state index >= 15 is 0 Å². The van der Waals surface area contributed by atoms with Crippen molar-refractivity contribution in [1.82, 2.24) is 4.98 Å². The molecular weight excluding hydrogens is 222 g/mol. The maximum atomic E-state index is 5.90. The smallest absolute Gasteiger partial charge is 0.133 e. The molecule has 0 spiro atoms. The average Bonchev–Trinajstić information content (AvgIpc) is 2.38. The molecular formula is C15H25N3. The van der Waals surface area contributed by atoms with E-state index in [-0.39, 0.29) is 0 Å². The molecule has 0 aromatic carbocycles. The third-order valence-electron chi connectivity index (χ3n) is 4.15. The van der Waals surface area contributed by atoms with Crippen LogP contribution in [0.2, 0.25) is 0 Å². The van der Waals surface area contributed by atoms with Crippen molar-refractivity contribution >= 4 is 5.82 Å². The molecule has 3 heteroatoms. The first-order valence-corrected chi connectivity index (χ1v) is 7.07. The van der Waals surface area contributed by atoms with Crippen molar-refractivity contribution in [2.75, 3.05) is 18.0 Å². The molecule has 0 saturated carbocycles. The van der Waals surface area contributed by atoms with E-state index in [1.54, 1.807) is 0 Å². The Morgan fingerprint density at radius 1 is 1.33 bits per heavy atom. The molecule has 1 fully saturated rings. The third-order valence-corrected chi connectivity index (χ3v) is 4.15. The lowest BCUT2D eigenvalue weighted by Gasteiger charge is -2.34. The second-order valence-corrected chi connectivity index (χ2v) is 5.43. The van der Waals surface area contributed by atoms with Gasteiger partial charge in [0.05, 0.1) is 0 Å². The van der Waals surface area contributed by atoms with Crippen molar-refractivity contribution in [3.63, 3.8) is 0 Å². The van der Waals surface area contributed by atoms with E-state index in [9.17, 15) is 0 Å². The van der Waals surface area contributed by atoms with Gasteiger partial charge in [0.25, 0.3) is 0 Å². The molecule has 0 atom stereocenters. The van der Waals surface area contributed by atoms with Crippen LogP contribution in [-0.2, 0) is 6.54 Å². The van der Waals surface area contributed by atoms with Crippen LogP contribution in [0, 0.1) is 19.8 Å². The zero-order valence-corrected chi connectivity index (χ0v) is 11.9. The quantitative estimate of drug-likeness (QED) is 0.893. The first-order chi connectivity index (χ1) is 8.65. The van der Waals surface area contributed by atoms with Crippen molar-refractivity contribution in [2.24, 2.45) is 11.7 Å². The lowest BCUT2D eigenvalue weighted by Crippen LogP contribution is -2.35. The number of rotatable bonds is 3. The fourth-order valence-electron chi connectivity index (χ4n) is 2.91. The summed E-state index contributed by atoms with van der Waals surface area (Å²) in [6, 6.07) is 2.13. The SMILES string of the molecule is CCC1CCN(c2nc(C)cc(C)c2CN)CC1. The van der Waals surface area contributed by atoms with Gasteiger partial charge in [0, 0.05) is 30.9 Å².